The van der Waals surface area contributed by atoms with Crippen molar-refractivity contribution in [2.24, 2.45) is 0 Å². The Labute approximate surface area is 179 Å². The van der Waals surface area contributed by atoms with Crippen LogP contribution in [0.1, 0.15) is 5.56 Å². The SMILES string of the molecule is COc1ccc(-c2nnc(SCC(=O)NCC#N)n2-c2cccc(C(F)(F)F)c2)cc1. The number of carbonyl (C=O) groups excluding carboxylic acids is 1. The minimum absolute atomic E-state index is 0.0820. The molecule has 1 heterocycles. The van der Waals surface area contributed by atoms with Crippen molar-refractivity contribution in [2.45, 2.75) is 11.3 Å². The topological polar surface area (TPSA) is 92.8 Å². The van der Waals surface area contributed by atoms with Crippen molar-refractivity contribution in [3.05, 3.63) is 54.1 Å². The van der Waals surface area contributed by atoms with Crippen LogP contribution in [0, 0.1) is 11.3 Å². The van der Waals surface area contributed by atoms with E-state index in [0.29, 0.717) is 17.1 Å². The highest BCUT2D eigenvalue weighted by atomic mass is 32.2. The maximum Gasteiger partial charge on any atom is 0.416 e. The van der Waals surface area contributed by atoms with E-state index >= 15 is 0 Å². The van der Waals surface area contributed by atoms with Gasteiger partial charge in [-0.05, 0) is 42.5 Å². The monoisotopic (exact) mass is 447 g/mol. The summed E-state index contributed by atoms with van der Waals surface area (Å²) in [6.07, 6.45) is -4.52. The Bertz CT molecular complexity index is 1110. The van der Waals surface area contributed by atoms with Gasteiger partial charge in [-0.1, -0.05) is 17.8 Å². The molecule has 0 saturated heterocycles. The molecule has 3 aromatic rings. The second kappa shape index (κ2) is 9.53. The van der Waals surface area contributed by atoms with Crippen LogP contribution in [0.2, 0.25) is 0 Å². The standard InChI is InChI=1S/C20H16F3N5O2S/c1-30-16-7-5-13(6-8-16)18-26-27-19(31-12-17(29)25-10-9-24)28(18)15-4-2-3-14(11-15)20(21,22)23/h2-8,11H,10,12H2,1H3,(H,25,29). The van der Waals surface area contributed by atoms with Crippen LogP contribution < -0.4 is 10.1 Å². The summed E-state index contributed by atoms with van der Waals surface area (Å²) >= 11 is 0.999. The number of nitriles is 1. The van der Waals surface area contributed by atoms with E-state index in [1.165, 1.54) is 23.8 Å². The van der Waals surface area contributed by atoms with Crippen LogP contribution in [0.4, 0.5) is 13.2 Å². The molecule has 0 spiro atoms. The summed E-state index contributed by atoms with van der Waals surface area (Å²) in [4.78, 5) is 11.9. The number of thioether (sulfide) groups is 1. The summed E-state index contributed by atoms with van der Waals surface area (Å²) in [7, 11) is 1.52. The highest BCUT2D eigenvalue weighted by Gasteiger charge is 2.31. The van der Waals surface area contributed by atoms with Crippen molar-refractivity contribution in [3.63, 3.8) is 0 Å². The predicted octanol–water partition coefficient (Wildman–Crippen LogP) is 3.69. The predicted molar refractivity (Wildman–Crippen MR) is 108 cm³/mol. The van der Waals surface area contributed by atoms with Crippen LogP contribution in [0.3, 0.4) is 0 Å². The minimum atomic E-state index is -4.52. The zero-order valence-electron chi connectivity index (χ0n) is 16.2. The van der Waals surface area contributed by atoms with Gasteiger partial charge >= 0.3 is 6.18 Å². The van der Waals surface area contributed by atoms with Gasteiger partial charge in [0.15, 0.2) is 11.0 Å². The van der Waals surface area contributed by atoms with Gasteiger partial charge in [-0.15, -0.1) is 10.2 Å². The second-order valence-electron chi connectivity index (χ2n) is 6.14. The van der Waals surface area contributed by atoms with Gasteiger partial charge in [-0.3, -0.25) is 9.36 Å². The maximum absolute atomic E-state index is 13.3. The number of nitrogens with one attached hydrogen (secondary N) is 1. The first-order valence-electron chi connectivity index (χ1n) is 8.87. The van der Waals surface area contributed by atoms with E-state index in [9.17, 15) is 18.0 Å². The average Bonchev–Trinajstić information content (AvgIpc) is 3.19. The normalized spacial score (nSPS) is 11.1. The molecule has 1 amide bonds. The summed E-state index contributed by atoms with van der Waals surface area (Å²) in [5.74, 6) is 0.428. The van der Waals surface area contributed by atoms with Gasteiger partial charge in [0.25, 0.3) is 0 Å². The Morgan fingerprint density at radius 2 is 1.97 bits per heavy atom. The molecule has 0 aliphatic heterocycles. The highest BCUT2D eigenvalue weighted by Crippen LogP contribution is 2.33. The van der Waals surface area contributed by atoms with Crippen LogP contribution in [0.25, 0.3) is 17.1 Å². The average molecular weight is 447 g/mol. The summed E-state index contributed by atoms with van der Waals surface area (Å²) < 4.78 is 46.3. The number of alkyl halides is 3. The zero-order chi connectivity index (χ0) is 22.4. The van der Waals surface area contributed by atoms with Gasteiger partial charge in [0.1, 0.15) is 12.3 Å². The molecular weight excluding hydrogens is 431 g/mol. The third-order valence-corrected chi connectivity index (χ3v) is 5.04. The Balaban J connectivity index is 2.03. The number of benzene rings is 2. The second-order valence-corrected chi connectivity index (χ2v) is 7.08. The first kappa shape index (κ1) is 22.2. The number of halogens is 3. The van der Waals surface area contributed by atoms with E-state index in [-0.39, 0.29) is 23.1 Å². The van der Waals surface area contributed by atoms with Gasteiger partial charge in [0.05, 0.1) is 30.2 Å². The van der Waals surface area contributed by atoms with Gasteiger partial charge in [-0.2, -0.15) is 18.4 Å². The number of aromatic nitrogens is 3. The summed E-state index contributed by atoms with van der Waals surface area (Å²) in [6.45, 7) is -0.142. The zero-order valence-corrected chi connectivity index (χ0v) is 17.0. The molecule has 0 saturated carbocycles. The largest absolute Gasteiger partial charge is 0.497 e. The van der Waals surface area contributed by atoms with Crippen LogP contribution >= 0.6 is 11.8 Å². The van der Waals surface area contributed by atoms with Gasteiger partial charge in [0, 0.05) is 5.56 Å². The van der Waals surface area contributed by atoms with E-state index in [0.717, 1.165) is 23.9 Å². The summed E-state index contributed by atoms with van der Waals surface area (Å²) in [5.41, 5.74) is -0.0147. The van der Waals surface area contributed by atoms with Crippen LogP contribution in [0.5, 0.6) is 5.75 Å². The molecule has 0 unspecified atom stereocenters. The fraction of sp³-hybridized carbons (Fsp3) is 0.200. The molecule has 31 heavy (non-hydrogen) atoms. The third kappa shape index (κ3) is 5.35. The molecule has 0 fully saturated rings. The van der Waals surface area contributed by atoms with Crippen molar-refractivity contribution in [1.29, 1.82) is 5.26 Å². The van der Waals surface area contributed by atoms with E-state index in [1.54, 1.807) is 30.3 Å². The highest BCUT2D eigenvalue weighted by molar-refractivity contribution is 7.99. The molecule has 11 heteroatoms. The molecule has 160 valence electrons. The quantitative estimate of drug-likeness (QED) is 0.439. The molecule has 2 aromatic carbocycles. The third-order valence-electron chi connectivity index (χ3n) is 4.11. The number of methoxy groups -OCH3 is 1. The lowest BCUT2D eigenvalue weighted by Crippen LogP contribution is -2.25. The first-order chi connectivity index (χ1) is 14.8. The number of rotatable bonds is 7. The number of ether oxygens (including phenoxy) is 1. The van der Waals surface area contributed by atoms with Crippen LogP contribution in [-0.2, 0) is 11.0 Å². The van der Waals surface area contributed by atoms with Crippen LogP contribution in [0.15, 0.2) is 53.7 Å². The van der Waals surface area contributed by atoms with Crippen LogP contribution in [-0.4, -0.2) is 40.1 Å². The molecule has 0 bridgehead atoms. The molecule has 0 aliphatic carbocycles. The Morgan fingerprint density at radius 1 is 1.23 bits per heavy atom. The molecule has 0 radical (unpaired) electrons. The van der Waals surface area contributed by atoms with Crippen molar-refractivity contribution in [3.8, 4) is 28.9 Å². The van der Waals surface area contributed by atoms with Gasteiger partial charge < -0.3 is 10.1 Å². The Kier molecular flexibility index (Phi) is 6.81. The fourth-order valence-corrected chi connectivity index (χ4v) is 3.45. The number of nitrogens with zero attached hydrogens (tertiary/aromatic N) is 4. The van der Waals surface area contributed by atoms with E-state index in [2.05, 4.69) is 15.5 Å². The van der Waals surface area contributed by atoms with E-state index in [1.807, 2.05) is 0 Å². The number of hydrogen-bond acceptors (Lipinski definition) is 6. The lowest BCUT2D eigenvalue weighted by molar-refractivity contribution is -0.137. The molecule has 7 nitrogen and oxygen atoms in total. The summed E-state index contributed by atoms with van der Waals surface area (Å²) in [6, 6.07) is 13.4. The molecule has 3 rings (SSSR count). The van der Waals surface area contributed by atoms with Crippen molar-refractivity contribution >= 4 is 17.7 Å². The number of amides is 1. The molecule has 1 aromatic heterocycles. The first-order valence-corrected chi connectivity index (χ1v) is 9.86. The van der Waals surface area contributed by atoms with Crippen molar-refractivity contribution in [1.82, 2.24) is 20.1 Å². The number of carbonyl (C=O) groups is 1. The fourth-order valence-electron chi connectivity index (χ4n) is 2.66. The smallest absolute Gasteiger partial charge is 0.416 e. The van der Waals surface area contributed by atoms with Crippen molar-refractivity contribution in [2.75, 3.05) is 19.4 Å². The molecular formula is C20H16F3N5O2S. The lowest BCUT2D eigenvalue weighted by atomic mass is 10.1. The Morgan fingerprint density at radius 3 is 2.61 bits per heavy atom. The lowest BCUT2D eigenvalue weighted by Gasteiger charge is -2.13. The molecule has 0 aliphatic rings. The van der Waals surface area contributed by atoms with Crippen molar-refractivity contribution < 1.29 is 22.7 Å². The summed E-state index contributed by atoms with van der Waals surface area (Å²) in [5, 5.41) is 19.4. The van der Waals surface area contributed by atoms with E-state index in [4.69, 9.17) is 10.00 Å². The molecule has 1 N–H and O–H groups in total. The van der Waals surface area contributed by atoms with Gasteiger partial charge in [-0.25, -0.2) is 0 Å². The van der Waals surface area contributed by atoms with E-state index < -0.39 is 17.6 Å². The minimum Gasteiger partial charge on any atom is -0.497 e. The Hall–Kier alpha value is -3.52. The maximum atomic E-state index is 13.3. The number of hydrogen-bond donors (Lipinski definition) is 1. The van der Waals surface area contributed by atoms with Gasteiger partial charge in [0.2, 0.25) is 5.91 Å². The molecule has 0 atom stereocenters.